The molecule has 3 heteroatoms. The molecule has 1 aromatic carbocycles. The molecule has 0 radical (unpaired) electrons. The molecule has 1 fully saturated rings. The second kappa shape index (κ2) is 4.43. The summed E-state index contributed by atoms with van der Waals surface area (Å²) in [6.07, 6.45) is 2.87. The van der Waals surface area contributed by atoms with Crippen LogP contribution in [0.25, 0.3) is 10.9 Å². The minimum Gasteiger partial charge on any atom is -0.381 e. The van der Waals surface area contributed by atoms with Gasteiger partial charge in [-0.05, 0) is 30.2 Å². The molecule has 2 atom stereocenters. The molecular formula is C14H16N2O. The Balaban J connectivity index is 1.94. The van der Waals surface area contributed by atoms with E-state index in [0.717, 1.165) is 30.5 Å². The van der Waals surface area contributed by atoms with Gasteiger partial charge in [-0.1, -0.05) is 12.1 Å². The van der Waals surface area contributed by atoms with Crippen molar-refractivity contribution in [3.8, 4) is 0 Å². The molecule has 2 heterocycles. The van der Waals surface area contributed by atoms with Gasteiger partial charge >= 0.3 is 0 Å². The Morgan fingerprint density at radius 1 is 1.35 bits per heavy atom. The fraction of sp³-hybridized carbons (Fsp3) is 0.357. The SMILES string of the molecule is NC(c1ccc2ncccc2c1)C1CCOC1. The smallest absolute Gasteiger partial charge is 0.0702 e. The van der Waals surface area contributed by atoms with Crippen LogP contribution in [0.15, 0.2) is 36.5 Å². The Kier molecular flexibility index (Phi) is 2.79. The Hall–Kier alpha value is -1.45. The lowest BCUT2D eigenvalue weighted by Gasteiger charge is -2.18. The average molecular weight is 228 g/mol. The molecule has 0 amide bonds. The summed E-state index contributed by atoms with van der Waals surface area (Å²) in [5.41, 5.74) is 8.49. The van der Waals surface area contributed by atoms with E-state index >= 15 is 0 Å². The number of pyridine rings is 1. The van der Waals surface area contributed by atoms with E-state index in [1.165, 1.54) is 5.56 Å². The molecule has 2 N–H and O–H groups in total. The number of hydrogen-bond donors (Lipinski definition) is 1. The molecule has 0 spiro atoms. The van der Waals surface area contributed by atoms with Gasteiger partial charge in [0, 0.05) is 30.1 Å². The van der Waals surface area contributed by atoms with E-state index in [2.05, 4.69) is 23.2 Å². The lowest BCUT2D eigenvalue weighted by atomic mass is 9.92. The highest BCUT2D eigenvalue weighted by Gasteiger charge is 2.23. The minimum absolute atomic E-state index is 0.0714. The van der Waals surface area contributed by atoms with Gasteiger partial charge in [0.1, 0.15) is 0 Å². The first kappa shape index (κ1) is 10.7. The topological polar surface area (TPSA) is 48.1 Å². The van der Waals surface area contributed by atoms with Gasteiger partial charge in [-0.2, -0.15) is 0 Å². The van der Waals surface area contributed by atoms with E-state index in [0.29, 0.717) is 5.92 Å². The molecule has 1 aliphatic heterocycles. The maximum atomic E-state index is 6.29. The van der Waals surface area contributed by atoms with E-state index < -0.39 is 0 Å². The van der Waals surface area contributed by atoms with E-state index in [1.807, 2.05) is 18.3 Å². The van der Waals surface area contributed by atoms with Crippen molar-refractivity contribution < 1.29 is 4.74 Å². The Labute approximate surface area is 101 Å². The van der Waals surface area contributed by atoms with E-state index in [9.17, 15) is 0 Å². The summed E-state index contributed by atoms with van der Waals surface area (Å²) in [7, 11) is 0. The van der Waals surface area contributed by atoms with Gasteiger partial charge in [0.05, 0.1) is 12.1 Å². The molecular weight excluding hydrogens is 212 g/mol. The molecule has 1 aromatic heterocycles. The summed E-state index contributed by atoms with van der Waals surface area (Å²) in [5, 5.41) is 1.15. The molecule has 0 bridgehead atoms. The third-order valence-electron chi connectivity index (χ3n) is 3.48. The molecule has 1 aliphatic rings. The van der Waals surface area contributed by atoms with Crippen LogP contribution in [-0.2, 0) is 4.74 Å². The van der Waals surface area contributed by atoms with Gasteiger partial charge in [0.25, 0.3) is 0 Å². The van der Waals surface area contributed by atoms with Gasteiger partial charge < -0.3 is 10.5 Å². The van der Waals surface area contributed by atoms with Crippen LogP contribution < -0.4 is 5.73 Å². The molecule has 17 heavy (non-hydrogen) atoms. The van der Waals surface area contributed by atoms with Crippen LogP contribution in [0.2, 0.25) is 0 Å². The van der Waals surface area contributed by atoms with Crippen LogP contribution in [-0.4, -0.2) is 18.2 Å². The minimum atomic E-state index is 0.0714. The van der Waals surface area contributed by atoms with Crippen molar-refractivity contribution in [2.45, 2.75) is 12.5 Å². The summed E-state index contributed by atoms with van der Waals surface area (Å²) in [6, 6.07) is 10.4. The number of aromatic nitrogens is 1. The van der Waals surface area contributed by atoms with Crippen LogP contribution >= 0.6 is 0 Å². The van der Waals surface area contributed by atoms with Gasteiger partial charge in [-0.25, -0.2) is 0 Å². The Morgan fingerprint density at radius 2 is 2.29 bits per heavy atom. The van der Waals surface area contributed by atoms with Gasteiger partial charge in [-0.3, -0.25) is 4.98 Å². The summed E-state index contributed by atoms with van der Waals surface area (Å²) in [5.74, 6) is 0.448. The van der Waals surface area contributed by atoms with Crippen molar-refractivity contribution in [1.29, 1.82) is 0 Å². The van der Waals surface area contributed by atoms with Gasteiger partial charge in [0.2, 0.25) is 0 Å². The number of rotatable bonds is 2. The second-order valence-electron chi connectivity index (χ2n) is 4.60. The van der Waals surface area contributed by atoms with E-state index in [-0.39, 0.29) is 6.04 Å². The van der Waals surface area contributed by atoms with Crippen LogP contribution in [0, 0.1) is 5.92 Å². The first-order valence-electron chi connectivity index (χ1n) is 6.02. The molecule has 3 nitrogen and oxygen atoms in total. The zero-order valence-electron chi connectivity index (χ0n) is 9.67. The number of hydrogen-bond acceptors (Lipinski definition) is 3. The monoisotopic (exact) mass is 228 g/mol. The van der Waals surface area contributed by atoms with Crippen molar-refractivity contribution in [3.63, 3.8) is 0 Å². The number of fused-ring (bicyclic) bond motifs is 1. The number of ether oxygens (including phenoxy) is 1. The molecule has 2 aromatic rings. The number of benzene rings is 1. The molecule has 1 saturated heterocycles. The third-order valence-corrected chi connectivity index (χ3v) is 3.48. The van der Waals surface area contributed by atoms with Crippen LogP contribution in [0.3, 0.4) is 0 Å². The molecule has 88 valence electrons. The summed E-state index contributed by atoms with van der Waals surface area (Å²) in [6.45, 7) is 1.62. The van der Waals surface area contributed by atoms with Gasteiger partial charge in [-0.15, -0.1) is 0 Å². The standard InChI is InChI=1S/C14H16N2O/c15-14(12-5-7-17-9-12)11-3-4-13-10(8-11)2-1-6-16-13/h1-4,6,8,12,14H,5,7,9,15H2. The molecule has 0 saturated carbocycles. The number of nitrogens with zero attached hydrogens (tertiary/aromatic N) is 1. The third kappa shape index (κ3) is 2.04. The summed E-state index contributed by atoms with van der Waals surface area (Å²) >= 11 is 0. The molecule has 0 aliphatic carbocycles. The van der Waals surface area contributed by atoms with Crippen LogP contribution in [0.5, 0.6) is 0 Å². The number of nitrogens with two attached hydrogens (primary N) is 1. The van der Waals surface area contributed by atoms with Crippen molar-refractivity contribution in [2.75, 3.05) is 13.2 Å². The predicted octanol–water partition coefficient (Wildman–Crippen LogP) is 2.27. The predicted molar refractivity (Wildman–Crippen MR) is 67.6 cm³/mol. The van der Waals surface area contributed by atoms with Crippen molar-refractivity contribution >= 4 is 10.9 Å². The maximum absolute atomic E-state index is 6.29. The normalized spacial score (nSPS) is 21.8. The highest BCUT2D eigenvalue weighted by molar-refractivity contribution is 5.79. The van der Waals surface area contributed by atoms with E-state index in [1.54, 1.807) is 0 Å². The zero-order valence-corrected chi connectivity index (χ0v) is 9.67. The average Bonchev–Trinajstić information content (AvgIpc) is 2.91. The lowest BCUT2D eigenvalue weighted by Crippen LogP contribution is -2.21. The van der Waals surface area contributed by atoms with E-state index in [4.69, 9.17) is 10.5 Å². The van der Waals surface area contributed by atoms with Crippen molar-refractivity contribution in [2.24, 2.45) is 11.7 Å². The summed E-state index contributed by atoms with van der Waals surface area (Å²) in [4.78, 5) is 4.31. The first-order chi connectivity index (χ1) is 8.34. The quantitative estimate of drug-likeness (QED) is 0.857. The molecule has 3 rings (SSSR count). The maximum Gasteiger partial charge on any atom is 0.0702 e. The summed E-state index contributed by atoms with van der Waals surface area (Å²) < 4.78 is 5.39. The Bertz CT molecular complexity index is 520. The van der Waals surface area contributed by atoms with Gasteiger partial charge in [0.15, 0.2) is 0 Å². The highest BCUT2D eigenvalue weighted by Crippen LogP contribution is 2.28. The fourth-order valence-corrected chi connectivity index (χ4v) is 2.41. The first-order valence-corrected chi connectivity index (χ1v) is 6.02. The zero-order chi connectivity index (χ0) is 11.7. The fourth-order valence-electron chi connectivity index (χ4n) is 2.41. The largest absolute Gasteiger partial charge is 0.381 e. The van der Waals surface area contributed by atoms with Crippen LogP contribution in [0.1, 0.15) is 18.0 Å². The van der Waals surface area contributed by atoms with Crippen molar-refractivity contribution in [3.05, 3.63) is 42.1 Å². The lowest BCUT2D eigenvalue weighted by molar-refractivity contribution is 0.181. The van der Waals surface area contributed by atoms with Crippen LogP contribution in [0.4, 0.5) is 0 Å². The highest BCUT2D eigenvalue weighted by atomic mass is 16.5. The molecule has 2 unspecified atom stereocenters. The van der Waals surface area contributed by atoms with Crippen molar-refractivity contribution in [1.82, 2.24) is 4.98 Å². The Morgan fingerprint density at radius 3 is 3.12 bits per heavy atom. The second-order valence-corrected chi connectivity index (χ2v) is 4.60.